The van der Waals surface area contributed by atoms with Crippen LogP contribution in [0.15, 0.2) is 29.8 Å². The second-order valence-electron chi connectivity index (χ2n) is 3.29. The van der Waals surface area contributed by atoms with E-state index >= 15 is 0 Å². The van der Waals surface area contributed by atoms with E-state index in [2.05, 4.69) is 0 Å². The van der Waals surface area contributed by atoms with Gasteiger partial charge in [0, 0.05) is 11.1 Å². The molecule has 0 heterocycles. The molecule has 3 heteroatoms. The number of methoxy groups -OCH3 is 1. The molecule has 0 atom stereocenters. The minimum Gasteiger partial charge on any atom is -0.496 e. The van der Waals surface area contributed by atoms with Gasteiger partial charge >= 0.3 is 5.97 Å². The second-order valence-corrected chi connectivity index (χ2v) is 3.29. The van der Waals surface area contributed by atoms with Crippen LogP contribution in [0.1, 0.15) is 19.4 Å². The Morgan fingerprint density at radius 3 is 2.69 bits per heavy atom. The van der Waals surface area contributed by atoms with E-state index in [0.29, 0.717) is 12.2 Å². The fraction of sp³-hybridized carbons (Fsp3) is 0.308. The van der Waals surface area contributed by atoms with Crippen LogP contribution >= 0.6 is 0 Å². The number of para-hydroxylation sites is 1. The van der Waals surface area contributed by atoms with Crippen LogP contribution in [0, 0.1) is 0 Å². The molecule has 0 aliphatic carbocycles. The van der Waals surface area contributed by atoms with E-state index in [1.807, 2.05) is 24.3 Å². The van der Waals surface area contributed by atoms with E-state index in [4.69, 9.17) is 9.47 Å². The summed E-state index contributed by atoms with van der Waals surface area (Å²) in [4.78, 5) is 11.4. The van der Waals surface area contributed by atoms with Crippen molar-refractivity contribution in [1.82, 2.24) is 0 Å². The molecule has 1 rings (SSSR count). The van der Waals surface area contributed by atoms with Crippen LogP contribution in [-0.2, 0) is 9.53 Å². The van der Waals surface area contributed by atoms with Gasteiger partial charge in [0.2, 0.25) is 0 Å². The Balaban J connectivity index is 2.93. The number of esters is 1. The van der Waals surface area contributed by atoms with Crippen LogP contribution in [0.5, 0.6) is 5.75 Å². The molecule has 0 radical (unpaired) electrons. The number of benzene rings is 1. The summed E-state index contributed by atoms with van der Waals surface area (Å²) in [6.07, 6.45) is 1.76. The molecule has 0 bridgehead atoms. The highest BCUT2D eigenvalue weighted by atomic mass is 16.5. The summed E-state index contributed by atoms with van der Waals surface area (Å²) in [7, 11) is 1.60. The number of carbonyl (C=O) groups is 1. The third-order valence-corrected chi connectivity index (χ3v) is 2.11. The Morgan fingerprint density at radius 1 is 1.38 bits per heavy atom. The van der Waals surface area contributed by atoms with E-state index in [1.54, 1.807) is 27.0 Å². The molecular formula is C13H16O3. The predicted octanol–water partition coefficient (Wildman–Crippen LogP) is 2.66. The topological polar surface area (TPSA) is 35.5 Å². The molecule has 0 aliphatic heterocycles. The fourth-order valence-electron chi connectivity index (χ4n) is 1.32. The van der Waals surface area contributed by atoms with Crippen LogP contribution in [0.4, 0.5) is 0 Å². The number of hydrogen-bond donors (Lipinski definition) is 0. The Morgan fingerprint density at radius 2 is 2.06 bits per heavy atom. The van der Waals surface area contributed by atoms with E-state index in [-0.39, 0.29) is 5.97 Å². The molecule has 86 valence electrons. The maximum absolute atomic E-state index is 11.4. The highest BCUT2D eigenvalue weighted by Gasteiger charge is 2.06. The van der Waals surface area contributed by atoms with E-state index < -0.39 is 0 Å². The first kappa shape index (κ1) is 12.3. The lowest BCUT2D eigenvalue weighted by Gasteiger charge is -2.05. The molecular weight excluding hydrogens is 204 g/mol. The first-order valence-electron chi connectivity index (χ1n) is 5.17. The van der Waals surface area contributed by atoms with Crippen molar-refractivity contribution in [1.29, 1.82) is 0 Å². The molecule has 1 aromatic rings. The van der Waals surface area contributed by atoms with Gasteiger partial charge in [-0.15, -0.1) is 0 Å². The van der Waals surface area contributed by atoms with Crippen LogP contribution in [0.2, 0.25) is 0 Å². The van der Waals surface area contributed by atoms with Crippen LogP contribution < -0.4 is 4.74 Å². The molecule has 0 spiro atoms. The van der Waals surface area contributed by atoms with Gasteiger partial charge in [-0.3, -0.25) is 0 Å². The van der Waals surface area contributed by atoms with Crippen LogP contribution in [-0.4, -0.2) is 19.7 Å². The molecule has 0 amide bonds. The lowest BCUT2D eigenvalue weighted by molar-refractivity contribution is -0.138. The van der Waals surface area contributed by atoms with Gasteiger partial charge in [0.25, 0.3) is 0 Å². The molecule has 0 saturated carbocycles. The molecule has 1 aromatic carbocycles. The van der Waals surface area contributed by atoms with Gasteiger partial charge in [-0.25, -0.2) is 4.79 Å². The lowest BCUT2D eigenvalue weighted by atomic mass is 10.1. The van der Waals surface area contributed by atoms with Crippen molar-refractivity contribution in [2.75, 3.05) is 13.7 Å². The normalized spacial score (nSPS) is 11.1. The van der Waals surface area contributed by atoms with Gasteiger partial charge < -0.3 is 9.47 Å². The molecule has 3 nitrogen and oxygen atoms in total. The summed E-state index contributed by atoms with van der Waals surface area (Å²) < 4.78 is 10.1. The summed E-state index contributed by atoms with van der Waals surface area (Å²) in [6.45, 7) is 3.90. The number of carbonyl (C=O) groups excluding carboxylic acids is 1. The van der Waals surface area contributed by atoms with Crippen molar-refractivity contribution in [3.63, 3.8) is 0 Å². The average molecular weight is 220 g/mol. The zero-order valence-electron chi connectivity index (χ0n) is 9.82. The van der Waals surface area contributed by atoms with E-state index in [0.717, 1.165) is 11.3 Å². The van der Waals surface area contributed by atoms with E-state index in [9.17, 15) is 4.79 Å². The highest BCUT2D eigenvalue weighted by molar-refractivity contribution is 5.93. The standard InChI is InChI=1S/C13H16O3/c1-4-16-13(14)10(2)9-11-7-5-6-8-12(11)15-3/h5-9H,4H2,1-3H3. The maximum atomic E-state index is 11.4. The monoisotopic (exact) mass is 220 g/mol. The van der Waals surface area contributed by atoms with Crippen LogP contribution in [0.25, 0.3) is 6.08 Å². The van der Waals surface area contributed by atoms with Crippen molar-refractivity contribution in [2.45, 2.75) is 13.8 Å². The Hall–Kier alpha value is -1.77. The molecule has 0 N–H and O–H groups in total. The molecule has 0 unspecified atom stereocenters. The van der Waals surface area contributed by atoms with Crippen molar-refractivity contribution in [3.8, 4) is 5.75 Å². The zero-order valence-corrected chi connectivity index (χ0v) is 9.82. The third kappa shape index (κ3) is 3.12. The highest BCUT2D eigenvalue weighted by Crippen LogP contribution is 2.20. The third-order valence-electron chi connectivity index (χ3n) is 2.11. The van der Waals surface area contributed by atoms with Crippen molar-refractivity contribution in [2.24, 2.45) is 0 Å². The SMILES string of the molecule is CCOC(=O)C(C)=Cc1ccccc1OC. The summed E-state index contributed by atoms with van der Waals surface area (Å²) in [5, 5.41) is 0. The maximum Gasteiger partial charge on any atom is 0.333 e. The minimum absolute atomic E-state index is 0.298. The number of hydrogen-bond acceptors (Lipinski definition) is 3. The molecule has 0 aliphatic rings. The van der Waals surface area contributed by atoms with Gasteiger partial charge in [-0.1, -0.05) is 18.2 Å². The molecule has 16 heavy (non-hydrogen) atoms. The van der Waals surface area contributed by atoms with Gasteiger partial charge in [-0.2, -0.15) is 0 Å². The summed E-state index contributed by atoms with van der Waals surface area (Å²) in [6, 6.07) is 7.52. The fourth-order valence-corrected chi connectivity index (χ4v) is 1.32. The minimum atomic E-state index is -0.298. The smallest absolute Gasteiger partial charge is 0.333 e. The first-order chi connectivity index (χ1) is 7.69. The number of rotatable bonds is 4. The van der Waals surface area contributed by atoms with Gasteiger partial charge in [-0.05, 0) is 26.0 Å². The van der Waals surface area contributed by atoms with E-state index in [1.165, 1.54) is 0 Å². The summed E-state index contributed by atoms with van der Waals surface area (Å²) in [5.41, 5.74) is 1.43. The Bertz CT molecular complexity index is 394. The molecule has 0 aromatic heterocycles. The number of ether oxygens (including phenoxy) is 2. The predicted molar refractivity (Wildman–Crippen MR) is 63.3 cm³/mol. The second kappa shape index (κ2) is 5.95. The van der Waals surface area contributed by atoms with Crippen molar-refractivity contribution >= 4 is 12.0 Å². The Labute approximate surface area is 95.7 Å². The summed E-state index contributed by atoms with van der Waals surface area (Å²) >= 11 is 0. The van der Waals surface area contributed by atoms with Gasteiger partial charge in [0.05, 0.1) is 13.7 Å². The van der Waals surface area contributed by atoms with Gasteiger partial charge in [0.15, 0.2) is 0 Å². The van der Waals surface area contributed by atoms with Crippen LogP contribution in [0.3, 0.4) is 0 Å². The Kier molecular flexibility index (Phi) is 4.58. The quantitative estimate of drug-likeness (QED) is 0.578. The van der Waals surface area contributed by atoms with Gasteiger partial charge in [0.1, 0.15) is 5.75 Å². The lowest BCUT2D eigenvalue weighted by Crippen LogP contribution is -2.04. The van der Waals surface area contributed by atoms with Crippen molar-refractivity contribution < 1.29 is 14.3 Å². The zero-order chi connectivity index (χ0) is 12.0. The first-order valence-corrected chi connectivity index (χ1v) is 5.17. The molecule has 0 fully saturated rings. The average Bonchev–Trinajstić information content (AvgIpc) is 2.30. The largest absolute Gasteiger partial charge is 0.496 e. The molecule has 0 saturated heterocycles. The summed E-state index contributed by atoms with van der Waals surface area (Å²) in [5.74, 6) is 0.444. The van der Waals surface area contributed by atoms with Crippen molar-refractivity contribution in [3.05, 3.63) is 35.4 Å².